The van der Waals surface area contributed by atoms with Crippen LogP contribution < -0.4 is 10.9 Å². The zero-order valence-electron chi connectivity index (χ0n) is 14.8. The number of hydrogen-bond donors (Lipinski definition) is 2. The van der Waals surface area contributed by atoms with Crippen molar-refractivity contribution < 1.29 is 14.0 Å². The smallest absolute Gasteiger partial charge is 0.269 e. The number of fused-ring (bicyclic) bond motifs is 3. The first-order chi connectivity index (χ1) is 13.1. The molecule has 4 aromatic rings. The summed E-state index contributed by atoms with van der Waals surface area (Å²) in [5, 5.41) is 3.05. The Morgan fingerprint density at radius 1 is 0.926 bits per heavy atom. The Hall–Kier alpha value is -3.60. The zero-order chi connectivity index (χ0) is 18.8. The Morgan fingerprint density at radius 3 is 2.56 bits per heavy atom. The second-order valence-corrected chi connectivity index (χ2v) is 6.41. The van der Waals surface area contributed by atoms with Crippen LogP contribution in [-0.2, 0) is 11.2 Å². The lowest BCUT2D eigenvalue weighted by molar-refractivity contribution is -0.121. The van der Waals surface area contributed by atoms with E-state index in [-0.39, 0.29) is 18.2 Å². The molecule has 3 aromatic carbocycles. The van der Waals surface area contributed by atoms with Crippen LogP contribution in [0.5, 0.6) is 0 Å². The van der Waals surface area contributed by atoms with Crippen molar-refractivity contribution in [2.24, 2.45) is 0 Å². The summed E-state index contributed by atoms with van der Waals surface area (Å²) in [7, 11) is 0. The average Bonchev–Trinajstić information content (AvgIpc) is 3.10. The van der Waals surface area contributed by atoms with E-state index in [1.165, 1.54) is 0 Å². The largest absolute Gasteiger partial charge is 0.464 e. The molecule has 0 fully saturated rings. The van der Waals surface area contributed by atoms with Gasteiger partial charge in [-0.1, -0.05) is 48.5 Å². The molecule has 2 amide bonds. The van der Waals surface area contributed by atoms with Crippen molar-refractivity contribution in [1.29, 1.82) is 0 Å². The van der Waals surface area contributed by atoms with Gasteiger partial charge in [-0.05, 0) is 35.4 Å². The molecule has 0 aliphatic carbocycles. The second-order valence-electron chi connectivity index (χ2n) is 6.41. The number of nitrogens with one attached hydrogen (secondary N) is 2. The van der Waals surface area contributed by atoms with E-state index in [2.05, 4.69) is 10.9 Å². The lowest BCUT2D eigenvalue weighted by atomic mass is 10.0. The predicted octanol–water partition coefficient (Wildman–Crippen LogP) is 3.90. The van der Waals surface area contributed by atoms with Gasteiger partial charge in [-0.15, -0.1) is 0 Å². The number of furan rings is 1. The van der Waals surface area contributed by atoms with Gasteiger partial charge in [0.1, 0.15) is 5.58 Å². The van der Waals surface area contributed by atoms with Crippen LogP contribution in [0.3, 0.4) is 0 Å². The minimum absolute atomic E-state index is 0.106. The molecule has 1 aromatic heterocycles. The summed E-state index contributed by atoms with van der Waals surface area (Å²) in [6.07, 6.45) is 1.70. The van der Waals surface area contributed by atoms with Gasteiger partial charge in [-0.2, -0.15) is 0 Å². The lowest BCUT2D eigenvalue weighted by Gasteiger charge is -2.09. The molecule has 27 heavy (non-hydrogen) atoms. The van der Waals surface area contributed by atoms with E-state index in [9.17, 15) is 9.59 Å². The molecule has 0 spiro atoms. The zero-order valence-corrected chi connectivity index (χ0v) is 14.8. The maximum absolute atomic E-state index is 12.3. The summed E-state index contributed by atoms with van der Waals surface area (Å²) < 4.78 is 5.60. The van der Waals surface area contributed by atoms with Gasteiger partial charge in [0.2, 0.25) is 5.91 Å². The molecule has 0 atom stereocenters. The molecule has 0 saturated carbocycles. The third-order valence-electron chi connectivity index (χ3n) is 4.60. The SMILES string of the molecule is Cc1ccccc1C(=O)NNC(=O)Cc1coc2ccc3ccccc3c12. The molecule has 0 saturated heterocycles. The van der Waals surface area contributed by atoms with Gasteiger partial charge >= 0.3 is 0 Å². The van der Waals surface area contributed by atoms with E-state index >= 15 is 0 Å². The number of carbonyl (C=O) groups is 2. The van der Waals surface area contributed by atoms with Crippen molar-refractivity contribution in [3.05, 3.63) is 83.6 Å². The quantitative estimate of drug-likeness (QED) is 0.546. The van der Waals surface area contributed by atoms with Crippen molar-refractivity contribution in [2.75, 3.05) is 0 Å². The van der Waals surface area contributed by atoms with Gasteiger partial charge < -0.3 is 4.42 Å². The van der Waals surface area contributed by atoms with Gasteiger partial charge in [0.15, 0.2) is 0 Å². The first-order valence-electron chi connectivity index (χ1n) is 8.66. The first-order valence-corrected chi connectivity index (χ1v) is 8.66. The third-order valence-corrected chi connectivity index (χ3v) is 4.60. The minimum Gasteiger partial charge on any atom is -0.464 e. The van der Waals surface area contributed by atoms with E-state index in [1.54, 1.807) is 18.4 Å². The van der Waals surface area contributed by atoms with Gasteiger partial charge in [0.05, 0.1) is 12.7 Å². The van der Waals surface area contributed by atoms with Crippen LogP contribution in [-0.4, -0.2) is 11.8 Å². The van der Waals surface area contributed by atoms with Gasteiger partial charge in [0.25, 0.3) is 5.91 Å². The minimum atomic E-state index is -0.344. The molecule has 5 nitrogen and oxygen atoms in total. The number of aryl methyl sites for hydroxylation is 1. The summed E-state index contributed by atoms with van der Waals surface area (Å²) in [6.45, 7) is 1.85. The van der Waals surface area contributed by atoms with E-state index in [1.807, 2.05) is 55.5 Å². The average molecular weight is 358 g/mol. The number of benzene rings is 3. The molecule has 0 unspecified atom stereocenters. The maximum Gasteiger partial charge on any atom is 0.269 e. The Labute approximate surface area is 155 Å². The van der Waals surface area contributed by atoms with E-state index in [0.29, 0.717) is 5.56 Å². The lowest BCUT2D eigenvalue weighted by Crippen LogP contribution is -2.42. The highest BCUT2D eigenvalue weighted by Gasteiger charge is 2.14. The summed E-state index contributed by atoms with van der Waals surface area (Å²) in [6, 6.07) is 19.1. The van der Waals surface area contributed by atoms with Gasteiger partial charge in [-0.25, -0.2) is 0 Å². The fourth-order valence-corrected chi connectivity index (χ4v) is 3.24. The molecule has 0 aliphatic heterocycles. The number of rotatable bonds is 3. The van der Waals surface area contributed by atoms with Crippen LogP contribution in [0.2, 0.25) is 0 Å². The van der Waals surface area contributed by atoms with Crippen LogP contribution in [0.15, 0.2) is 71.3 Å². The molecular formula is C22H18N2O3. The van der Waals surface area contributed by atoms with E-state index in [0.717, 1.165) is 32.9 Å². The van der Waals surface area contributed by atoms with Crippen molar-refractivity contribution in [1.82, 2.24) is 10.9 Å². The van der Waals surface area contributed by atoms with Crippen LogP contribution in [0.1, 0.15) is 21.5 Å². The predicted molar refractivity (Wildman–Crippen MR) is 104 cm³/mol. The fraction of sp³-hybridized carbons (Fsp3) is 0.0909. The van der Waals surface area contributed by atoms with Crippen LogP contribution in [0.25, 0.3) is 21.7 Å². The molecule has 2 N–H and O–H groups in total. The third kappa shape index (κ3) is 3.27. The fourth-order valence-electron chi connectivity index (χ4n) is 3.24. The monoisotopic (exact) mass is 358 g/mol. The summed E-state index contributed by atoms with van der Waals surface area (Å²) in [4.78, 5) is 24.6. The van der Waals surface area contributed by atoms with Crippen molar-refractivity contribution in [3.63, 3.8) is 0 Å². The number of carbonyl (C=O) groups excluding carboxylic acids is 2. The summed E-state index contributed by atoms with van der Waals surface area (Å²) in [5.41, 5.74) is 7.84. The highest BCUT2D eigenvalue weighted by atomic mass is 16.3. The van der Waals surface area contributed by atoms with Crippen LogP contribution in [0.4, 0.5) is 0 Å². The van der Waals surface area contributed by atoms with Crippen molar-refractivity contribution in [2.45, 2.75) is 13.3 Å². The standard InChI is InChI=1S/C22H18N2O3/c1-14-6-2-4-8-17(14)22(26)24-23-20(25)12-16-13-27-19-11-10-15-7-3-5-9-18(15)21(16)19/h2-11,13H,12H2,1H3,(H,23,25)(H,24,26). The normalized spacial score (nSPS) is 10.9. The second kappa shape index (κ2) is 6.96. The highest BCUT2D eigenvalue weighted by molar-refractivity contribution is 6.08. The van der Waals surface area contributed by atoms with Gasteiger partial charge in [0, 0.05) is 16.5 Å². The molecule has 1 heterocycles. The van der Waals surface area contributed by atoms with Crippen LogP contribution in [0, 0.1) is 6.92 Å². The van der Waals surface area contributed by atoms with Gasteiger partial charge in [-0.3, -0.25) is 20.4 Å². The Kier molecular flexibility index (Phi) is 4.34. The van der Waals surface area contributed by atoms with Crippen molar-refractivity contribution in [3.8, 4) is 0 Å². The molecule has 4 rings (SSSR count). The Morgan fingerprint density at radius 2 is 1.70 bits per heavy atom. The molecule has 134 valence electrons. The molecular weight excluding hydrogens is 340 g/mol. The van der Waals surface area contributed by atoms with Crippen LogP contribution >= 0.6 is 0 Å². The Bertz CT molecular complexity index is 1160. The summed E-state index contributed by atoms with van der Waals surface area (Å²) >= 11 is 0. The topological polar surface area (TPSA) is 71.3 Å². The maximum atomic E-state index is 12.3. The number of hydrogen-bond acceptors (Lipinski definition) is 3. The first kappa shape index (κ1) is 16.8. The summed E-state index contributed by atoms with van der Waals surface area (Å²) in [5.74, 6) is -0.656. The van der Waals surface area contributed by atoms with E-state index < -0.39 is 0 Å². The Balaban J connectivity index is 1.51. The molecule has 0 aliphatic rings. The molecule has 0 radical (unpaired) electrons. The molecule has 0 bridgehead atoms. The number of hydrazine groups is 1. The molecule has 5 heteroatoms. The van der Waals surface area contributed by atoms with E-state index in [4.69, 9.17) is 4.42 Å². The van der Waals surface area contributed by atoms with Crippen molar-refractivity contribution >= 4 is 33.6 Å². The highest BCUT2D eigenvalue weighted by Crippen LogP contribution is 2.30. The number of amides is 2.